The molecule has 4 heterocycles. The van der Waals surface area contributed by atoms with Crippen LogP contribution in [-0.2, 0) is 13.1 Å². The zero-order valence-corrected chi connectivity index (χ0v) is 22.6. The summed E-state index contributed by atoms with van der Waals surface area (Å²) in [5, 5.41) is 0. The highest BCUT2D eigenvalue weighted by Crippen LogP contribution is 2.23. The fourth-order valence-electron chi connectivity index (χ4n) is 4.02. The van der Waals surface area contributed by atoms with Crippen LogP contribution in [0.3, 0.4) is 0 Å². The molecule has 6 nitrogen and oxygen atoms in total. The van der Waals surface area contributed by atoms with E-state index in [4.69, 9.17) is 0 Å². The lowest BCUT2D eigenvalue weighted by Gasteiger charge is -2.30. The Labute approximate surface area is 207 Å². The molecule has 34 heavy (non-hydrogen) atoms. The molecule has 0 aliphatic carbocycles. The van der Waals surface area contributed by atoms with Crippen LogP contribution in [0.25, 0.3) is 0 Å². The summed E-state index contributed by atoms with van der Waals surface area (Å²) in [6.45, 7) is 15.0. The van der Waals surface area contributed by atoms with Crippen LogP contribution < -0.4 is 0 Å². The minimum Gasteiger partial charge on any atom is -0.296 e. The second-order valence-electron chi connectivity index (χ2n) is 10.4. The van der Waals surface area contributed by atoms with Crippen LogP contribution in [0.15, 0.2) is 24.8 Å². The van der Waals surface area contributed by atoms with Crippen molar-refractivity contribution in [2.75, 3.05) is 37.7 Å². The number of hydrogen-bond donors (Lipinski definition) is 0. The second-order valence-corrected chi connectivity index (χ2v) is 13.7. The number of nitrogens with zero attached hydrogens (tertiary/aromatic N) is 6. The van der Waals surface area contributed by atoms with Crippen molar-refractivity contribution in [2.45, 2.75) is 71.9 Å². The number of aromatic nitrogens is 4. The molecule has 4 rings (SSSR count). The first-order chi connectivity index (χ1) is 16.2. The third-order valence-corrected chi connectivity index (χ3v) is 8.74. The highest BCUT2D eigenvalue weighted by Gasteiger charge is 2.15. The minimum absolute atomic E-state index is 0.496. The van der Waals surface area contributed by atoms with Crippen LogP contribution in [0.2, 0.25) is 0 Å². The van der Waals surface area contributed by atoms with Crippen LogP contribution in [0.4, 0.5) is 0 Å². The molecule has 0 unspecified atom stereocenters. The largest absolute Gasteiger partial charge is 0.296 e. The van der Waals surface area contributed by atoms with Gasteiger partial charge in [-0.15, -0.1) is 0 Å². The highest BCUT2D eigenvalue weighted by molar-refractivity contribution is 8.27. The molecule has 0 N–H and O–H groups in total. The van der Waals surface area contributed by atoms with E-state index in [0.29, 0.717) is 11.8 Å². The molecule has 0 atom stereocenters. The van der Waals surface area contributed by atoms with E-state index >= 15 is 0 Å². The van der Waals surface area contributed by atoms with Gasteiger partial charge in [0, 0.05) is 37.9 Å². The molecule has 0 saturated carbocycles. The summed E-state index contributed by atoms with van der Waals surface area (Å²) in [4.78, 5) is 22.6. The predicted octanol–water partition coefficient (Wildman–Crippen LogP) is 4.67. The van der Waals surface area contributed by atoms with Gasteiger partial charge in [-0.1, -0.05) is 45.9 Å². The van der Waals surface area contributed by atoms with Gasteiger partial charge in [-0.2, -0.15) is 0 Å². The molecular weight excluding hydrogens is 440 g/mol. The molecule has 2 aliphatic heterocycles. The first-order valence-corrected chi connectivity index (χ1v) is 15.0. The first-order valence-electron chi connectivity index (χ1n) is 12.7. The van der Waals surface area contributed by atoms with Crippen molar-refractivity contribution in [3.63, 3.8) is 0 Å². The molecule has 2 fully saturated rings. The average molecular weight is 485 g/mol. The minimum atomic E-state index is -0.808. The molecule has 2 saturated heterocycles. The van der Waals surface area contributed by atoms with E-state index in [0.717, 1.165) is 49.3 Å². The summed E-state index contributed by atoms with van der Waals surface area (Å²) in [5.74, 6) is 13.6. The number of hydrogen-bond acceptors (Lipinski definition) is 6. The molecule has 0 aromatic carbocycles. The SMILES string of the molecule is C=S1(=C)CCN(Cc2ncc(C(C)C)cn2)CC1.CC(C)c1cnc(CN2CCCCC2)nc1. The Hall–Kier alpha value is -1.83. The van der Waals surface area contributed by atoms with Gasteiger partial charge in [0.05, 0.1) is 13.1 Å². The molecule has 188 valence electrons. The first kappa shape index (κ1) is 26.8. The van der Waals surface area contributed by atoms with Gasteiger partial charge in [-0.3, -0.25) is 9.80 Å². The molecular formula is C27H44N6S. The summed E-state index contributed by atoms with van der Waals surface area (Å²) in [6.07, 6.45) is 11.9. The van der Waals surface area contributed by atoms with Crippen LogP contribution in [0, 0.1) is 0 Å². The molecule has 0 spiro atoms. The van der Waals surface area contributed by atoms with Crippen molar-refractivity contribution in [1.82, 2.24) is 29.7 Å². The lowest BCUT2D eigenvalue weighted by molar-refractivity contribution is 0.216. The highest BCUT2D eigenvalue weighted by atomic mass is 32.2. The van der Waals surface area contributed by atoms with Crippen LogP contribution in [0.1, 0.15) is 81.6 Å². The second kappa shape index (κ2) is 12.8. The average Bonchev–Trinajstić information content (AvgIpc) is 2.82. The third-order valence-electron chi connectivity index (χ3n) is 6.64. The lowest BCUT2D eigenvalue weighted by Crippen LogP contribution is -2.34. The smallest absolute Gasteiger partial charge is 0.142 e. The van der Waals surface area contributed by atoms with Gasteiger partial charge in [-0.05, 0) is 60.4 Å². The molecule has 2 aromatic heterocycles. The summed E-state index contributed by atoms with van der Waals surface area (Å²) >= 11 is 0. The van der Waals surface area contributed by atoms with E-state index in [-0.39, 0.29) is 0 Å². The standard InChI is InChI=1S/C14H23N3S.C13H21N3/c1-12(2)13-9-15-14(16-10-13)11-17-5-7-18(3,4)8-6-17;1-11(2)12-8-14-13(15-9-12)10-16-6-4-3-5-7-16/h9-10,12H,3-8,11H2,1-2H3;8-9,11H,3-7,10H2,1-2H3. The molecule has 2 aliphatic rings. The number of rotatable bonds is 6. The maximum absolute atomic E-state index is 4.45. The Balaban J connectivity index is 0.000000192. The van der Waals surface area contributed by atoms with Crippen molar-refractivity contribution in [1.29, 1.82) is 0 Å². The van der Waals surface area contributed by atoms with E-state index in [1.807, 2.05) is 24.8 Å². The molecule has 0 radical (unpaired) electrons. The number of likely N-dealkylation sites (tertiary alicyclic amines) is 1. The van der Waals surface area contributed by atoms with Gasteiger partial charge in [-0.25, -0.2) is 29.1 Å². The van der Waals surface area contributed by atoms with E-state index in [1.165, 1.54) is 43.5 Å². The van der Waals surface area contributed by atoms with Gasteiger partial charge < -0.3 is 0 Å². The lowest BCUT2D eigenvalue weighted by atomic mass is 10.1. The zero-order valence-electron chi connectivity index (χ0n) is 21.7. The monoisotopic (exact) mass is 484 g/mol. The van der Waals surface area contributed by atoms with Crippen molar-refractivity contribution < 1.29 is 0 Å². The molecule has 2 aromatic rings. The Morgan fingerprint density at radius 3 is 1.44 bits per heavy atom. The van der Waals surface area contributed by atoms with Crippen LogP contribution >= 0.6 is 9.21 Å². The summed E-state index contributed by atoms with van der Waals surface area (Å²) in [7, 11) is -0.808. The maximum atomic E-state index is 4.45. The van der Waals surface area contributed by atoms with Crippen molar-refractivity contribution in [2.24, 2.45) is 0 Å². The van der Waals surface area contributed by atoms with Crippen LogP contribution in [0.5, 0.6) is 0 Å². The quantitative estimate of drug-likeness (QED) is 0.556. The summed E-state index contributed by atoms with van der Waals surface area (Å²) in [6, 6.07) is 0. The third kappa shape index (κ3) is 8.75. The van der Waals surface area contributed by atoms with Gasteiger partial charge >= 0.3 is 0 Å². The molecule has 7 heteroatoms. The van der Waals surface area contributed by atoms with E-state index in [2.05, 4.69) is 69.2 Å². The number of piperidine rings is 1. The van der Waals surface area contributed by atoms with Gasteiger partial charge in [0.2, 0.25) is 0 Å². The van der Waals surface area contributed by atoms with Crippen molar-refractivity contribution in [3.8, 4) is 0 Å². The van der Waals surface area contributed by atoms with E-state index in [9.17, 15) is 0 Å². The van der Waals surface area contributed by atoms with Gasteiger partial charge in [0.1, 0.15) is 11.6 Å². The Morgan fingerprint density at radius 2 is 1.06 bits per heavy atom. The van der Waals surface area contributed by atoms with Gasteiger partial charge in [0.15, 0.2) is 0 Å². The summed E-state index contributed by atoms with van der Waals surface area (Å²) in [5.41, 5.74) is 2.43. The van der Waals surface area contributed by atoms with Crippen molar-refractivity contribution >= 4 is 20.9 Å². The topological polar surface area (TPSA) is 58.0 Å². The van der Waals surface area contributed by atoms with E-state index in [1.54, 1.807) is 0 Å². The Morgan fingerprint density at radius 1 is 0.676 bits per heavy atom. The Kier molecular flexibility index (Phi) is 10.0. The fraction of sp³-hybridized carbons (Fsp3) is 0.630. The zero-order chi connectivity index (χ0) is 24.6. The fourth-order valence-corrected chi connectivity index (χ4v) is 5.52. The molecule has 0 amide bonds. The van der Waals surface area contributed by atoms with Gasteiger partial charge in [0.25, 0.3) is 0 Å². The Bertz CT molecular complexity index is 947. The predicted molar refractivity (Wildman–Crippen MR) is 148 cm³/mol. The van der Waals surface area contributed by atoms with Crippen LogP contribution in [-0.4, -0.2) is 79.2 Å². The molecule has 0 bridgehead atoms. The summed E-state index contributed by atoms with van der Waals surface area (Å²) < 4.78 is 0. The van der Waals surface area contributed by atoms with Crippen molar-refractivity contribution in [3.05, 3.63) is 47.6 Å². The van der Waals surface area contributed by atoms with E-state index < -0.39 is 9.21 Å². The maximum Gasteiger partial charge on any atom is 0.142 e. The normalized spacial score (nSPS) is 19.1.